The first kappa shape index (κ1) is 39.4. The second-order valence-electron chi connectivity index (χ2n) is 18.1. The summed E-state index contributed by atoms with van der Waals surface area (Å²) >= 11 is 1.86. The van der Waals surface area contributed by atoms with E-state index in [4.69, 9.17) is 0 Å². The van der Waals surface area contributed by atoms with Gasteiger partial charge in [0.1, 0.15) is 0 Å². The minimum Gasteiger partial charge on any atom is -0.311 e. The van der Waals surface area contributed by atoms with E-state index in [-0.39, 0.29) is 0 Å². The molecule has 0 spiro atoms. The Labute approximate surface area is 403 Å². The van der Waals surface area contributed by atoms with Crippen molar-refractivity contribution in [1.82, 2.24) is 4.57 Å². The van der Waals surface area contributed by atoms with Gasteiger partial charge in [0.2, 0.25) is 0 Å². The molecular formula is C66H42N2S. The van der Waals surface area contributed by atoms with Crippen LogP contribution in [-0.2, 0) is 0 Å². The van der Waals surface area contributed by atoms with E-state index in [2.05, 4.69) is 264 Å². The van der Waals surface area contributed by atoms with Gasteiger partial charge in [-0.1, -0.05) is 182 Å². The molecule has 0 amide bonds. The third-order valence-electron chi connectivity index (χ3n) is 14.2. The summed E-state index contributed by atoms with van der Waals surface area (Å²) in [5.41, 5.74) is 14.1. The highest BCUT2D eigenvalue weighted by Gasteiger charge is 2.18. The van der Waals surface area contributed by atoms with Gasteiger partial charge in [-0.3, -0.25) is 0 Å². The van der Waals surface area contributed by atoms with Crippen molar-refractivity contribution in [1.29, 1.82) is 0 Å². The van der Waals surface area contributed by atoms with Crippen LogP contribution < -0.4 is 4.90 Å². The van der Waals surface area contributed by atoms with Crippen molar-refractivity contribution in [2.45, 2.75) is 0 Å². The van der Waals surface area contributed by atoms with Crippen molar-refractivity contribution in [2.75, 3.05) is 4.90 Å². The van der Waals surface area contributed by atoms with Crippen LogP contribution in [0.1, 0.15) is 0 Å². The summed E-state index contributed by atoms with van der Waals surface area (Å²) in [5.74, 6) is 0. The first-order valence-electron chi connectivity index (χ1n) is 23.6. The van der Waals surface area contributed by atoms with E-state index in [1.807, 2.05) is 11.3 Å². The maximum Gasteiger partial charge on any atom is 0.0619 e. The molecule has 2 aromatic heterocycles. The van der Waals surface area contributed by atoms with Crippen molar-refractivity contribution in [3.63, 3.8) is 0 Å². The van der Waals surface area contributed by atoms with Gasteiger partial charge in [-0.25, -0.2) is 0 Å². The lowest BCUT2D eigenvalue weighted by molar-refractivity contribution is 1.19. The third-order valence-corrected chi connectivity index (χ3v) is 15.3. The molecular weight excluding hydrogens is 853 g/mol. The van der Waals surface area contributed by atoms with Crippen molar-refractivity contribution in [3.05, 3.63) is 255 Å². The van der Waals surface area contributed by atoms with E-state index < -0.39 is 0 Å². The van der Waals surface area contributed by atoms with E-state index in [1.54, 1.807) is 0 Å². The summed E-state index contributed by atoms with van der Waals surface area (Å²) in [6, 6.07) is 93.7. The number of fused-ring (bicyclic) bond motifs is 11. The minimum absolute atomic E-state index is 1.09. The van der Waals surface area contributed by atoms with Crippen LogP contribution in [-0.4, -0.2) is 4.57 Å². The maximum atomic E-state index is 2.45. The summed E-state index contributed by atoms with van der Waals surface area (Å²) in [5, 5.41) is 12.7. The van der Waals surface area contributed by atoms with Gasteiger partial charge >= 0.3 is 0 Å². The molecule has 69 heavy (non-hydrogen) atoms. The average molecular weight is 895 g/mol. The number of hydrogen-bond donors (Lipinski definition) is 0. The summed E-state index contributed by atoms with van der Waals surface area (Å²) in [6.45, 7) is 0. The number of rotatable bonds is 7. The molecule has 0 aliphatic carbocycles. The van der Waals surface area contributed by atoms with Crippen LogP contribution in [0, 0.1) is 0 Å². The predicted octanol–water partition coefficient (Wildman–Crippen LogP) is 19.1. The molecule has 0 aliphatic rings. The van der Waals surface area contributed by atoms with E-state index >= 15 is 0 Å². The first-order chi connectivity index (χ1) is 34.2. The van der Waals surface area contributed by atoms with Crippen molar-refractivity contribution < 1.29 is 0 Å². The van der Waals surface area contributed by atoms with E-state index in [1.165, 1.54) is 108 Å². The molecule has 14 rings (SSSR count). The molecule has 0 fully saturated rings. The molecule has 3 heteroatoms. The molecule has 14 aromatic rings. The van der Waals surface area contributed by atoms with Gasteiger partial charge in [0, 0.05) is 59.1 Å². The van der Waals surface area contributed by atoms with E-state index in [9.17, 15) is 0 Å². The first-order valence-corrected chi connectivity index (χ1v) is 24.5. The molecule has 0 radical (unpaired) electrons. The summed E-state index contributed by atoms with van der Waals surface area (Å²) in [7, 11) is 0. The Morgan fingerprint density at radius 1 is 0.290 bits per heavy atom. The highest BCUT2D eigenvalue weighted by molar-refractivity contribution is 7.25. The smallest absolute Gasteiger partial charge is 0.0619 e. The summed E-state index contributed by atoms with van der Waals surface area (Å²) < 4.78 is 5.08. The number of nitrogens with zero attached hydrogens (tertiary/aromatic N) is 2. The zero-order valence-corrected chi connectivity index (χ0v) is 38.4. The fraction of sp³-hybridized carbons (Fsp3) is 0. The summed E-state index contributed by atoms with van der Waals surface area (Å²) in [4.78, 5) is 2.38. The second-order valence-corrected chi connectivity index (χ2v) is 19.1. The van der Waals surface area contributed by atoms with Gasteiger partial charge in [-0.15, -0.1) is 11.3 Å². The molecule has 0 unspecified atom stereocenters. The molecule has 0 saturated carbocycles. The van der Waals surface area contributed by atoms with Crippen LogP contribution in [0.3, 0.4) is 0 Å². The zero-order valence-electron chi connectivity index (χ0n) is 37.6. The van der Waals surface area contributed by atoms with Crippen LogP contribution in [0.4, 0.5) is 17.1 Å². The van der Waals surface area contributed by atoms with Gasteiger partial charge in [0.25, 0.3) is 0 Å². The number of aromatic nitrogens is 1. The third kappa shape index (κ3) is 6.54. The van der Waals surface area contributed by atoms with Gasteiger partial charge in [0.05, 0.1) is 11.0 Å². The Balaban J connectivity index is 0.871. The van der Waals surface area contributed by atoms with Gasteiger partial charge in [0.15, 0.2) is 0 Å². The number of thiophene rings is 1. The fourth-order valence-corrected chi connectivity index (χ4v) is 12.0. The SMILES string of the molecule is c1ccc(-n2c3cc(-c4ccc(N(c5ccc(-c6ccc7c(c6)sc6ccccc67)cc5)c5ccc(-c6cc7ccccc7c7ccccc67)cc5)cc4)ccc3c3ccc4ccccc4c32)cc1. The Morgan fingerprint density at radius 3 is 1.51 bits per heavy atom. The molecule has 12 aromatic carbocycles. The predicted molar refractivity (Wildman–Crippen MR) is 297 cm³/mol. The molecule has 322 valence electrons. The van der Waals surface area contributed by atoms with Crippen molar-refractivity contribution in [3.8, 4) is 39.1 Å². The number of benzene rings is 12. The molecule has 0 atom stereocenters. The standard InChI is InChI=1S/C66H42N2S/c1-2-14-50(15-3-1)68-63-41-47(29-37-58(63)61-39-28-45-12-4-7-17-55(45)66(61)68)43-22-31-51(32-23-43)67(52-33-24-44(25-34-52)48-30-38-60-59-20-10-11-21-64(59)69-65(60)42-48)53-35-26-46(27-36-53)62-40-49-13-5-6-16-54(49)56-18-8-9-19-57(56)62/h1-42H. The molecule has 2 nitrogen and oxygen atoms in total. The summed E-state index contributed by atoms with van der Waals surface area (Å²) in [6.07, 6.45) is 0. The normalized spacial score (nSPS) is 11.8. The lowest BCUT2D eigenvalue weighted by Crippen LogP contribution is -2.09. The quantitative estimate of drug-likeness (QED) is 0.145. The molecule has 0 bridgehead atoms. The van der Waals surface area contributed by atoms with E-state index in [0.29, 0.717) is 0 Å². The van der Waals surface area contributed by atoms with Crippen LogP contribution in [0.2, 0.25) is 0 Å². The van der Waals surface area contributed by atoms with Gasteiger partial charge in [-0.2, -0.15) is 0 Å². The highest BCUT2D eigenvalue weighted by atomic mass is 32.1. The average Bonchev–Trinajstić information content (AvgIpc) is 3.97. The zero-order chi connectivity index (χ0) is 45.4. The minimum atomic E-state index is 1.09. The van der Waals surface area contributed by atoms with Crippen molar-refractivity contribution in [2.24, 2.45) is 0 Å². The Morgan fingerprint density at radius 2 is 0.797 bits per heavy atom. The van der Waals surface area contributed by atoms with Gasteiger partial charge in [-0.05, 0) is 133 Å². The van der Waals surface area contributed by atoms with Crippen LogP contribution in [0.25, 0.3) is 113 Å². The highest BCUT2D eigenvalue weighted by Crippen LogP contribution is 2.43. The largest absolute Gasteiger partial charge is 0.311 e. The fourth-order valence-electron chi connectivity index (χ4n) is 10.8. The number of para-hydroxylation sites is 1. The Bertz CT molecular complexity index is 4280. The maximum absolute atomic E-state index is 2.45. The van der Waals surface area contributed by atoms with Crippen LogP contribution >= 0.6 is 11.3 Å². The van der Waals surface area contributed by atoms with Gasteiger partial charge < -0.3 is 9.47 Å². The lowest BCUT2D eigenvalue weighted by Gasteiger charge is -2.26. The molecule has 0 saturated heterocycles. The molecule has 0 N–H and O–H groups in total. The molecule has 2 heterocycles. The van der Waals surface area contributed by atoms with E-state index in [0.717, 1.165) is 22.7 Å². The lowest BCUT2D eigenvalue weighted by atomic mass is 9.93. The Kier molecular flexibility index (Phi) is 9.11. The second kappa shape index (κ2) is 16.0. The Hall–Kier alpha value is -8.76. The van der Waals surface area contributed by atoms with Crippen LogP contribution in [0.5, 0.6) is 0 Å². The number of hydrogen-bond acceptors (Lipinski definition) is 2. The monoisotopic (exact) mass is 894 g/mol. The van der Waals surface area contributed by atoms with Crippen molar-refractivity contribution >= 4 is 103 Å². The molecule has 0 aliphatic heterocycles. The van der Waals surface area contributed by atoms with Crippen LogP contribution in [0.15, 0.2) is 255 Å². The topological polar surface area (TPSA) is 8.17 Å². The number of anilines is 3.